The van der Waals surface area contributed by atoms with E-state index in [4.69, 9.17) is 9.47 Å². The number of aromatic hydroxyl groups is 1. The minimum atomic E-state index is -0.625. The number of carbonyl (C=O) groups excluding carboxylic acids is 1. The number of phenols is 1. The van der Waals surface area contributed by atoms with Gasteiger partial charge in [-0.2, -0.15) is 0 Å². The van der Waals surface area contributed by atoms with Crippen molar-refractivity contribution < 1.29 is 19.4 Å². The second-order valence-corrected chi connectivity index (χ2v) is 10.8. The van der Waals surface area contributed by atoms with Gasteiger partial charge in [-0.05, 0) is 80.3 Å². The molecule has 176 valence electrons. The number of ether oxygens (including phenoxy) is 2. The summed E-state index contributed by atoms with van der Waals surface area (Å²) in [5.41, 5.74) is 2.35. The van der Waals surface area contributed by atoms with Gasteiger partial charge in [0.25, 0.3) is 0 Å². The van der Waals surface area contributed by atoms with E-state index >= 15 is 0 Å². The molecule has 2 aromatic carbocycles. The van der Waals surface area contributed by atoms with E-state index in [-0.39, 0.29) is 17.6 Å². The molecule has 1 saturated carbocycles. The van der Waals surface area contributed by atoms with Crippen LogP contribution in [0.3, 0.4) is 0 Å². The fraction of sp³-hybridized carbons (Fsp3) is 0.483. The maximum atomic E-state index is 13.2. The van der Waals surface area contributed by atoms with Crippen LogP contribution in [0.4, 0.5) is 0 Å². The second-order valence-electron chi connectivity index (χ2n) is 10.8. The van der Waals surface area contributed by atoms with Crippen LogP contribution in [-0.4, -0.2) is 53.2 Å². The summed E-state index contributed by atoms with van der Waals surface area (Å²) in [4.78, 5) is 15.8. The predicted molar refractivity (Wildman–Crippen MR) is 128 cm³/mol. The number of nitrogens with zero attached hydrogens (tertiary/aromatic N) is 1. The zero-order valence-corrected chi connectivity index (χ0v) is 19.4. The average molecular weight is 458 g/mol. The van der Waals surface area contributed by atoms with Crippen molar-refractivity contribution in [3.8, 4) is 11.5 Å². The Kier molecular flexibility index (Phi) is 4.53. The van der Waals surface area contributed by atoms with Crippen molar-refractivity contribution in [3.05, 3.63) is 71.3 Å². The van der Waals surface area contributed by atoms with Crippen LogP contribution in [0.25, 0.3) is 0 Å². The standard InChI is InChI=1S/C29H31NO4/c31-22-11-10-21-17-24-29(33-16-4-7-19-5-2-1-3-6-19)13-12-23(32)27-28(29,25(21)26(22)34-27)14-15-30(24)18-20-8-9-20/h1-3,5-6,10-13,20,24,27,31H,4,7-9,14-18H2/t24-,27+,28+,29-/m1/s1. The van der Waals surface area contributed by atoms with Crippen molar-refractivity contribution in [1.29, 1.82) is 0 Å². The van der Waals surface area contributed by atoms with Gasteiger partial charge < -0.3 is 14.6 Å². The zero-order chi connectivity index (χ0) is 22.9. The molecule has 5 nitrogen and oxygen atoms in total. The number of aryl methyl sites for hydroxylation is 1. The van der Waals surface area contributed by atoms with E-state index in [2.05, 4.69) is 35.2 Å². The molecule has 1 saturated heterocycles. The van der Waals surface area contributed by atoms with Gasteiger partial charge in [0.1, 0.15) is 5.60 Å². The lowest BCUT2D eigenvalue weighted by atomic mass is 9.50. The summed E-state index contributed by atoms with van der Waals surface area (Å²) in [7, 11) is 0. The van der Waals surface area contributed by atoms with Gasteiger partial charge in [0.2, 0.25) is 0 Å². The van der Waals surface area contributed by atoms with Crippen molar-refractivity contribution in [2.24, 2.45) is 5.92 Å². The van der Waals surface area contributed by atoms with Gasteiger partial charge in [-0.25, -0.2) is 0 Å². The number of phenolic OH excluding ortho intramolecular Hbond substituents is 1. The lowest BCUT2D eigenvalue weighted by Gasteiger charge is -2.62. The van der Waals surface area contributed by atoms with Gasteiger partial charge in [-0.1, -0.05) is 36.4 Å². The van der Waals surface area contributed by atoms with Crippen LogP contribution < -0.4 is 4.74 Å². The lowest BCUT2D eigenvalue weighted by Crippen LogP contribution is -2.76. The van der Waals surface area contributed by atoms with Crippen molar-refractivity contribution in [2.45, 2.75) is 61.7 Å². The molecule has 5 heteroatoms. The summed E-state index contributed by atoms with van der Waals surface area (Å²) >= 11 is 0. The minimum absolute atomic E-state index is 0.0126. The van der Waals surface area contributed by atoms with E-state index in [0.29, 0.717) is 12.4 Å². The molecule has 3 aliphatic carbocycles. The van der Waals surface area contributed by atoms with Gasteiger partial charge in [0.15, 0.2) is 23.4 Å². The molecule has 2 aliphatic heterocycles. The van der Waals surface area contributed by atoms with E-state index in [0.717, 1.165) is 50.3 Å². The van der Waals surface area contributed by atoms with Gasteiger partial charge >= 0.3 is 0 Å². The molecule has 1 N–H and O–H groups in total. The van der Waals surface area contributed by atoms with Crippen LogP contribution in [0.2, 0.25) is 0 Å². The van der Waals surface area contributed by atoms with Crippen LogP contribution in [0.1, 0.15) is 42.4 Å². The smallest absolute Gasteiger partial charge is 0.196 e. The van der Waals surface area contributed by atoms with Crippen LogP contribution in [-0.2, 0) is 27.8 Å². The number of carbonyl (C=O) groups is 1. The number of benzene rings is 2. The molecule has 0 amide bonds. The first-order valence-corrected chi connectivity index (χ1v) is 12.8. The Morgan fingerprint density at radius 3 is 2.82 bits per heavy atom. The molecule has 7 rings (SSSR count). The van der Waals surface area contributed by atoms with Crippen LogP contribution in [0.15, 0.2) is 54.6 Å². The topological polar surface area (TPSA) is 59.0 Å². The molecule has 0 unspecified atom stereocenters. The average Bonchev–Trinajstić information content (AvgIpc) is 3.59. The Balaban J connectivity index is 1.30. The molecule has 2 bridgehead atoms. The van der Waals surface area contributed by atoms with Gasteiger partial charge in [-0.3, -0.25) is 9.69 Å². The van der Waals surface area contributed by atoms with E-state index in [9.17, 15) is 9.90 Å². The molecule has 0 radical (unpaired) electrons. The number of likely N-dealkylation sites (tertiary alicyclic amines) is 1. The van der Waals surface area contributed by atoms with E-state index < -0.39 is 17.1 Å². The highest BCUT2D eigenvalue weighted by Crippen LogP contribution is 2.64. The highest BCUT2D eigenvalue weighted by atomic mass is 16.5. The van der Waals surface area contributed by atoms with Gasteiger partial charge in [-0.15, -0.1) is 0 Å². The number of ketones is 1. The molecule has 1 spiro atoms. The van der Waals surface area contributed by atoms with Crippen molar-refractivity contribution in [1.82, 2.24) is 4.90 Å². The van der Waals surface area contributed by atoms with E-state index in [1.165, 1.54) is 24.0 Å². The number of hydrogen-bond acceptors (Lipinski definition) is 5. The number of rotatable bonds is 7. The Labute approximate surface area is 200 Å². The van der Waals surface area contributed by atoms with Gasteiger partial charge in [0, 0.05) is 24.8 Å². The molecular formula is C29H31NO4. The first-order valence-electron chi connectivity index (χ1n) is 12.8. The SMILES string of the molecule is O=C1C=C[C@@]2(OCCCc3ccccc3)[C@H]3Cc4ccc(O)c5c4[C@@]2(CCN3CC2CC2)[C@H]1O5. The molecular weight excluding hydrogens is 426 g/mol. The number of piperidine rings is 1. The highest BCUT2D eigenvalue weighted by Gasteiger charge is 2.73. The van der Waals surface area contributed by atoms with E-state index in [1.54, 1.807) is 12.1 Å². The summed E-state index contributed by atoms with van der Waals surface area (Å²) in [6.45, 7) is 2.66. The predicted octanol–water partition coefficient (Wildman–Crippen LogP) is 3.96. The quantitative estimate of drug-likeness (QED) is 0.638. The van der Waals surface area contributed by atoms with Crippen molar-refractivity contribution >= 4 is 5.78 Å². The second kappa shape index (κ2) is 7.43. The monoisotopic (exact) mass is 457 g/mol. The van der Waals surface area contributed by atoms with Crippen molar-refractivity contribution in [2.75, 3.05) is 19.7 Å². The molecule has 34 heavy (non-hydrogen) atoms. The molecule has 0 aromatic heterocycles. The summed E-state index contributed by atoms with van der Waals surface area (Å²) in [6, 6.07) is 14.5. The molecule has 5 aliphatic rings. The van der Waals surface area contributed by atoms with Crippen LogP contribution >= 0.6 is 0 Å². The summed E-state index contributed by atoms with van der Waals surface area (Å²) in [5, 5.41) is 10.7. The molecule has 2 heterocycles. The summed E-state index contributed by atoms with van der Waals surface area (Å²) in [6.07, 6.45) is 9.31. The fourth-order valence-electron chi connectivity index (χ4n) is 7.27. The first-order chi connectivity index (χ1) is 16.6. The Hall–Kier alpha value is -2.63. The first kappa shape index (κ1) is 20.7. The zero-order valence-electron chi connectivity index (χ0n) is 19.4. The minimum Gasteiger partial charge on any atom is -0.504 e. The van der Waals surface area contributed by atoms with E-state index in [1.807, 2.05) is 12.1 Å². The van der Waals surface area contributed by atoms with Crippen LogP contribution in [0.5, 0.6) is 11.5 Å². The molecule has 2 fully saturated rings. The molecule has 4 atom stereocenters. The third-order valence-electron chi connectivity index (χ3n) is 8.93. The maximum absolute atomic E-state index is 13.2. The Morgan fingerprint density at radius 2 is 2.00 bits per heavy atom. The third-order valence-corrected chi connectivity index (χ3v) is 8.93. The Morgan fingerprint density at radius 1 is 1.15 bits per heavy atom. The fourth-order valence-corrected chi connectivity index (χ4v) is 7.27. The normalized spacial score (nSPS) is 33.0. The van der Waals surface area contributed by atoms with Crippen molar-refractivity contribution in [3.63, 3.8) is 0 Å². The van der Waals surface area contributed by atoms with Gasteiger partial charge in [0.05, 0.1) is 5.41 Å². The Bertz CT molecular complexity index is 1170. The largest absolute Gasteiger partial charge is 0.504 e. The summed E-state index contributed by atoms with van der Waals surface area (Å²) in [5.74, 6) is 1.41. The third kappa shape index (κ3) is 2.77. The number of hydrogen-bond donors (Lipinski definition) is 1. The highest BCUT2D eigenvalue weighted by molar-refractivity contribution is 5.99. The summed E-state index contributed by atoms with van der Waals surface area (Å²) < 4.78 is 13.3. The lowest BCUT2D eigenvalue weighted by molar-refractivity contribution is -0.178. The molecule has 2 aromatic rings. The van der Waals surface area contributed by atoms with Crippen LogP contribution in [0, 0.1) is 5.92 Å². The maximum Gasteiger partial charge on any atom is 0.196 e.